The van der Waals surface area contributed by atoms with E-state index in [0.717, 1.165) is 5.92 Å². The van der Waals surface area contributed by atoms with Crippen LogP contribution < -0.4 is 5.32 Å². The Balaban J connectivity index is 1.97. The van der Waals surface area contributed by atoms with Crippen molar-refractivity contribution in [1.82, 2.24) is 10.2 Å². The van der Waals surface area contributed by atoms with Gasteiger partial charge in [0.2, 0.25) is 0 Å². The lowest BCUT2D eigenvalue weighted by Crippen LogP contribution is -2.23. The molecule has 0 saturated carbocycles. The number of hydrogen-bond donors (Lipinski definition) is 1. The first-order valence-electron chi connectivity index (χ1n) is 6.65. The van der Waals surface area contributed by atoms with Gasteiger partial charge >= 0.3 is 0 Å². The molecule has 0 bridgehead atoms. The Morgan fingerprint density at radius 1 is 1.40 bits per heavy atom. The van der Waals surface area contributed by atoms with E-state index in [1.54, 1.807) is 0 Å². The summed E-state index contributed by atoms with van der Waals surface area (Å²) in [4.78, 5) is 2.65. The van der Waals surface area contributed by atoms with Crippen molar-refractivity contribution >= 4 is 0 Å². The monoisotopic (exact) mass is 212 g/mol. The lowest BCUT2D eigenvalue weighted by molar-refractivity contribution is 0.311. The van der Waals surface area contributed by atoms with Crippen LogP contribution in [0, 0.1) is 5.92 Å². The summed E-state index contributed by atoms with van der Waals surface area (Å²) in [5, 5.41) is 3.30. The molecule has 0 amide bonds. The fourth-order valence-electron chi connectivity index (χ4n) is 2.38. The molecule has 1 N–H and O–H groups in total. The van der Waals surface area contributed by atoms with E-state index >= 15 is 0 Å². The van der Waals surface area contributed by atoms with Gasteiger partial charge in [0.25, 0.3) is 0 Å². The van der Waals surface area contributed by atoms with Crippen molar-refractivity contribution in [3.63, 3.8) is 0 Å². The third kappa shape index (κ3) is 4.98. The molecule has 1 fully saturated rings. The molecular formula is C13H28N2. The average molecular weight is 212 g/mol. The summed E-state index contributed by atoms with van der Waals surface area (Å²) >= 11 is 0. The van der Waals surface area contributed by atoms with Gasteiger partial charge in [0.05, 0.1) is 0 Å². The van der Waals surface area contributed by atoms with Crippen molar-refractivity contribution in [2.75, 3.05) is 26.7 Å². The SMILES string of the molecule is CCC1CCN(CCCCC(C)NC)C1. The van der Waals surface area contributed by atoms with Crippen molar-refractivity contribution in [3.05, 3.63) is 0 Å². The second-order valence-corrected chi connectivity index (χ2v) is 5.05. The van der Waals surface area contributed by atoms with Crippen molar-refractivity contribution in [2.24, 2.45) is 5.92 Å². The molecular weight excluding hydrogens is 184 g/mol. The highest BCUT2D eigenvalue weighted by Crippen LogP contribution is 2.19. The fourth-order valence-corrected chi connectivity index (χ4v) is 2.38. The van der Waals surface area contributed by atoms with Crippen LogP contribution in [0.4, 0.5) is 0 Å². The van der Waals surface area contributed by atoms with E-state index in [2.05, 4.69) is 31.1 Å². The second kappa shape index (κ2) is 7.24. The van der Waals surface area contributed by atoms with Crippen LogP contribution in [0.25, 0.3) is 0 Å². The fraction of sp³-hybridized carbons (Fsp3) is 1.00. The lowest BCUT2D eigenvalue weighted by atomic mass is 10.1. The minimum atomic E-state index is 0.687. The van der Waals surface area contributed by atoms with Gasteiger partial charge in [-0.15, -0.1) is 0 Å². The summed E-state index contributed by atoms with van der Waals surface area (Å²) < 4.78 is 0. The molecule has 2 heteroatoms. The first kappa shape index (κ1) is 13.0. The van der Waals surface area contributed by atoms with Gasteiger partial charge < -0.3 is 10.2 Å². The van der Waals surface area contributed by atoms with Gasteiger partial charge in [0.1, 0.15) is 0 Å². The van der Waals surface area contributed by atoms with Crippen LogP contribution in [0.15, 0.2) is 0 Å². The van der Waals surface area contributed by atoms with Gasteiger partial charge in [-0.25, -0.2) is 0 Å². The van der Waals surface area contributed by atoms with Crippen molar-refractivity contribution < 1.29 is 0 Å². The average Bonchev–Trinajstić information content (AvgIpc) is 2.72. The van der Waals surface area contributed by atoms with Gasteiger partial charge in [-0.3, -0.25) is 0 Å². The van der Waals surface area contributed by atoms with Crippen LogP contribution in [-0.4, -0.2) is 37.6 Å². The molecule has 2 atom stereocenters. The van der Waals surface area contributed by atoms with Crippen molar-refractivity contribution in [1.29, 1.82) is 0 Å². The summed E-state index contributed by atoms with van der Waals surface area (Å²) in [5.41, 5.74) is 0. The zero-order valence-electron chi connectivity index (χ0n) is 10.8. The van der Waals surface area contributed by atoms with Crippen LogP contribution in [0.1, 0.15) is 46.0 Å². The molecule has 1 saturated heterocycles. The van der Waals surface area contributed by atoms with E-state index in [0.29, 0.717) is 6.04 Å². The third-order valence-corrected chi connectivity index (χ3v) is 3.80. The minimum Gasteiger partial charge on any atom is -0.317 e. The van der Waals surface area contributed by atoms with E-state index in [4.69, 9.17) is 0 Å². The topological polar surface area (TPSA) is 15.3 Å². The highest BCUT2D eigenvalue weighted by molar-refractivity contribution is 4.74. The number of nitrogens with one attached hydrogen (secondary N) is 1. The molecule has 0 spiro atoms. The molecule has 15 heavy (non-hydrogen) atoms. The molecule has 1 aliphatic rings. The van der Waals surface area contributed by atoms with E-state index in [1.165, 1.54) is 51.7 Å². The highest BCUT2D eigenvalue weighted by Gasteiger charge is 2.19. The maximum absolute atomic E-state index is 3.30. The first-order valence-corrected chi connectivity index (χ1v) is 6.65. The summed E-state index contributed by atoms with van der Waals surface area (Å²) in [6, 6.07) is 0.687. The Labute approximate surface area is 95.4 Å². The van der Waals surface area contributed by atoms with Crippen LogP contribution >= 0.6 is 0 Å². The predicted molar refractivity (Wildman–Crippen MR) is 67.2 cm³/mol. The van der Waals surface area contributed by atoms with Gasteiger partial charge in [-0.2, -0.15) is 0 Å². The Morgan fingerprint density at radius 2 is 2.20 bits per heavy atom. The van der Waals surface area contributed by atoms with Crippen LogP contribution in [0.5, 0.6) is 0 Å². The smallest absolute Gasteiger partial charge is 0.00357 e. The largest absolute Gasteiger partial charge is 0.317 e. The Hall–Kier alpha value is -0.0800. The van der Waals surface area contributed by atoms with E-state index in [1.807, 2.05) is 0 Å². The number of hydrogen-bond acceptors (Lipinski definition) is 2. The van der Waals surface area contributed by atoms with E-state index < -0.39 is 0 Å². The Bertz CT molecular complexity index is 159. The number of likely N-dealkylation sites (tertiary alicyclic amines) is 1. The third-order valence-electron chi connectivity index (χ3n) is 3.80. The number of unbranched alkanes of at least 4 members (excludes halogenated alkanes) is 1. The summed E-state index contributed by atoms with van der Waals surface area (Å²) in [7, 11) is 2.05. The molecule has 0 aromatic rings. The van der Waals surface area contributed by atoms with Gasteiger partial charge in [-0.1, -0.05) is 19.8 Å². The normalized spacial score (nSPS) is 24.6. The lowest BCUT2D eigenvalue weighted by Gasteiger charge is -2.16. The first-order chi connectivity index (χ1) is 7.26. The molecule has 1 heterocycles. The highest BCUT2D eigenvalue weighted by atomic mass is 15.1. The molecule has 90 valence electrons. The van der Waals surface area contributed by atoms with Crippen LogP contribution in [0.3, 0.4) is 0 Å². The Kier molecular flexibility index (Phi) is 6.26. The van der Waals surface area contributed by atoms with Crippen molar-refractivity contribution in [2.45, 2.75) is 52.0 Å². The summed E-state index contributed by atoms with van der Waals surface area (Å²) in [6.45, 7) is 8.62. The maximum Gasteiger partial charge on any atom is 0.00357 e. The second-order valence-electron chi connectivity index (χ2n) is 5.05. The van der Waals surface area contributed by atoms with Crippen molar-refractivity contribution in [3.8, 4) is 0 Å². The summed E-state index contributed by atoms with van der Waals surface area (Å²) in [6.07, 6.45) is 6.87. The number of nitrogens with zero attached hydrogens (tertiary/aromatic N) is 1. The molecule has 0 radical (unpaired) electrons. The van der Waals surface area contributed by atoms with Crippen LogP contribution in [-0.2, 0) is 0 Å². The van der Waals surface area contributed by atoms with E-state index in [-0.39, 0.29) is 0 Å². The zero-order valence-corrected chi connectivity index (χ0v) is 10.8. The van der Waals surface area contributed by atoms with Gasteiger partial charge in [-0.05, 0) is 52.2 Å². The zero-order chi connectivity index (χ0) is 11.1. The predicted octanol–water partition coefficient (Wildman–Crippen LogP) is 2.50. The molecule has 2 unspecified atom stereocenters. The quantitative estimate of drug-likeness (QED) is 0.652. The molecule has 0 aromatic carbocycles. The van der Waals surface area contributed by atoms with E-state index in [9.17, 15) is 0 Å². The molecule has 1 aliphatic heterocycles. The van der Waals surface area contributed by atoms with Crippen LogP contribution in [0.2, 0.25) is 0 Å². The number of rotatable bonds is 7. The van der Waals surface area contributed by atoms with Gasteiger partial charge in [0, 0.05) is 12.6 Å². The standard InChI is InChI=1S/C13H28N2/c1-4-13-8-10-15(11-13)9-6-5-7-12(2)14-3/h12-14H,4-11H2,1-3H3. The summed E-state index contributed by atoms with van der Waals surface area (Å²) in [5.74, 6) is 0.987. The minimum absolute atomic E-state index is 0.687. The Morgan fingerprint density at radius 3 is 2.80 bits per heavy atom. The molecule has 0 aromatic heterocycles. The molecule has 2 nitrogen and oxygen atoms in total. The molecule has 1 rings (SSSR count). The van der Waals surface area contributed by atoms with Gasteiger partial charge in [0.15, 0.2) is 0 Å². The maximum atomic E-state index is 3.30. The molecule has 0 aliphatic carbocycles.